The summed E-state index contributed by atoms with van der Waals surface area (Å²) >= 11 is 7.42. The van der Waals surface area contributed by atoms with Crippen LogP contribution in [0.1, 0.15) is 12.5 Å². The number of benzene rings is 2. The molecule has 4 heteroatoms. The smallest absolute Gasteiger partial charge is 0.137 e. The lowest BCUT2D eigenvalue weighted by Crippen LogP contribution is -2.11. The molecule has 0 aliphatic carbocycles. The summed E-state index contributed by atoms with van der Waals surface area (Å²) in [7, 11) is 0. The fourth-order valence-corrected chi connectivity index (χ4v) is 2.75. The van der Waals surface area contributed by atoms with E-state index in [1.807, 2.05) is 31.2 Å². The van der Waals surface area contributed by atoms with Crippen LogP contribution in [0.2, 0.25) is 5.02 Å². The highest BCUT2D eigenvalue weighted by Gasteiger charge is 2.07. The van der Waals surface area contributed by atoms with Crippen LogP contribution in [0, 0.1) is 5.82 Å². The Morgan fingerprint density at radius 1 is 1.16 bits per heavy atom. The largest absolute Gasteiger partial charge is 0.313 e. The Hall–Kier alpha value is -1.03. The van der Waals surface area contributed by atoms with E-state index in [1.165, 1.54) is 11.8 Å². The van der Waals surface area contributed by atoms with Crippen LogP contribution in [0.4, 0.5) is 4.39 Å². The Bertz CT molecular complexity index is 560. The second-order valence-corrected chi connectivity index (χ2v) is 5.57. The van der Waals surface area contributed by atoms with E-state index in [9.17, 15) is 4.39 Å². The van der Waals surface area contributed by atoms with Crippen molar-refractivity contribution in [3.8, 4) is 0 Å². The maximum Gasteiger partial charge on any atom is 0.137 e. The summed E-state index contributed by atoms with van der Waals surface area (Å²) in [6.07, 6.45) is 0. The van der Waals surface area contributed by atoms with Crippen molar-refractivity contribution in [2.45, 2.75) is 23.3 Å². The van der Waals surface area contributed by atoms with Crippen molar-refractivity contribution in [2.75, 3.05) is 6.54 Å². The first-order valence-electron chi connectivity index (χ1n) is 6.12. The van der Waals surface area contributed by atoms with E-state index in [0.29, 0.717) is 16.5 Å². The predicted molar refractivity (Wildman–Crippen MR) is 79.4 cm³/mol. The normalized spacial score (nSPS) is 10.7. The quantitative estimate of drug-likeness (QED) is 0.855. The number of rotatable bonds is 5. The SMILES string of the molecule is CCNCc1ccc(Sc2ccccc2Cl)c(F)c1. The summed E-state index contributed by atoms with van der Waals surface area (Å²) in [6, 6.07) is 12.8. The molecule has 0 saturated carbocycles. The zero-order valence-corrected chi connectivity index (χ0v) is 12.2. The molecule has 0 amide bonds. The Morgan fingerprint density at radius 2 is 1.95 bits per heavy atom. The van der Waals surface area contributed by atoms with Gasteiger partial charge in [0.15, 0.2) is 0 Å². The molecule has 0 atom stereocenters. The lowest BCUT2D eigenvalue weighted by atomic mass is 10.2. The molecular formula is C15H15ClFNS. The van der Waals surface area contributed by atoms with Gasteiger partial charge in [0.05, 0.1) is 5.02 Å². The molecule has 0 aliphatic heterocycles. The average molecular weight is 296 g/mol. The van der Waals surface area contributed by atoms with E-state index >= 15 is 0 Å². The van der Waals surface area contributed by atoms with Gasteiger partial charge in [-0.25, -0.2) is 4.39 Å². The second kappa shape index (κ2) is 6.94. The van der Waals surface area contributed by atoms with Gasteiger partial charge in [0.1, 0.15) is 5.82 Å². The molecule has 1 N–H and O–H groups in total. The molecule has 0 bridgehead atoms. The van der Waals surface area contributed by atoms with Gasteiger partial charge in [0.25, 0.3) is 0 Å². The highest BCUT2D eigenvalue weighted by molar-refractivity contribution is 7.99. The standard InChI is InChI=1S/C15H15ClFNS/c1-2-18-10-11-7-8-15(13(17)9-11)19-14-6-4-3-5-12(14)16/h3-9,18H,2,10H2,1H3. The minimum absolute atomic E-state index is 0.208. The van der Waals surface area contributed by atoms with Crippen LogP contribution < -0.4 is 5.32 Å². The van der Waals surface area contributed by atoms with Gasteiger partial charge in [0, 0.05) is 16.3 Å². The monoisotopic (exact) mass is 295 g/mol. The maximum absolute atomic E-state index is 14.0. The van der Waals surface area contributed by atoms with E-state index in [4.69, 9.17) is 11.6 Å². The van der Waals surface area contributed by atoms with Gasteiger partial charge in [-0.3, -0.25) is 0 Å². The molecule has 2 aromatic carbocycles. The summed E-state index contributed by atoms with van der Waals surface area (Å²) in [5.74, 6) is -0.208. The molecule has 0 aliphatic rings. The Kier molecular flexibility index (Phi) is 5.25. The molecule has 19 heavy (non-hydrogen) atoms. The molecule has 0 saturated heterocycles. The fourth-order valence-electron chi connectivity index (χ4n) is 1.65. The minimum Gasteiger partial charge on any atom is -0.313 e. The molecular weight excluding hydrogens is 281 g/mol. The average Bonchev–Trinajstić information content (AvgIpc) is 2.41. The molecule has 0 fully saturated rings. The molecule has 2 rings (SSSR count). The molecule has 100 valence electrons. The minimum atomic E-state index is -0.208. The number of hydrogen-bond donors (Lipinski definition) is 1. The predicted octanol–water partition coefficient (Wildman–Crippen LogP) is 4.74. The van der Waals surface area contributed by atoms with Gasteiger partial charge in [-0.05, 0) is 36.4 Å². The first kappa shape index (κ1) is 14.4. The Labute approximate surface area is 122 Å². The summed E-state index contributed by atoms with van der Waals surface area (Å²) in [5.41, 5.74) is 0.947. The molecule has 0 unspecified atom stereocenters. The number of hydrogen-bond acceptors (Lipinski definition) is 2. The van der Waals surface area contributed by atoms with E-state index in [0.717, 1.165) is 17.0 Å². The van der Waals surface area contributed by atoms with Crippen LogP contribution in [0.15, 0.2) is 52.3 Å². The molecule has 1 nitrogen and oxygen atoms in total. The Morgan fingerprint density at radius 3 is 2.63 bits per heavy atom. The van der Waals surface area contributed by atoms with Crippen LogP contribution in [0.25, 0.3) is 0 Å². The van der Waals surface area contributed by atoms with Crippen molar-refractivity contribution < 1.29 is 4.39 Å². The summed E-state index contributed by atoms with van der Waals surface area (Å²) in [5, 5.41) is 3.82. The number of nitrogens with one attached hydrogen (secondary N) is 1. The van der Waals surface area contributed by atoms with Crippen molar-refractivity contribution in [2.24, 2.45) is 0 Å². The molecule has 0 heterocycles. The van der Waals surface area contributed by atoms with Crippen molar-refractivity contribution in [3.05, 3.63) is 58.9 Å². The summed E-state index contributed by atoms with van der Waals surface area (Å²) in [6.45, 7) is 3.58. The van der Waals surface area contributed by atoms with Crippen LogP contribution >= 0.6 is 23.4 Å². The second-order valence-electron chi connectivity index (χ2n) is 4.08. The lowest BCUT2D eigenvalue weighted by Gasteiger charge is -2.07. The first-order valence-corrected chi connectivity index (χ1v) is 7.31. The Balaban J connectivity index is 2.15. The summed E-state index contributed by atoms with van der Waals surface area (Å²) < 4.78 is 14.0. The highest BCUT2D eigenvalue weighted by Crippen LogP contribution is 2.34. The van der Waals surface area contributed by atoms with Gasteiger partial charge in [-0.1, -0.05) is 48.5 Å². The van der Waals surface area contributed by atoms with E-state index in [1.54, 1.807) is 18.2 Å². The van der Waals surface area contributed by atoms with Crippen molar-refractivity contribution in [3.63, 3.8) is 0 Å². The first-order chi connectivity index (χ1) is 9.20. The van der Waals surface area contributed by atoms with E-state index in [-0.39, 0.29) is 5.82 Å². The van der Waals surface area contributed by atoms with Crippen molar-refractivity contribution in [1.82, 2.24) is 5.32 Å². The lowest BCUT2D eigenvalue weighted by molar-refractivity contribution is 0.596. The summed E-state index contributed by atoms with van der Waals surface area (Å²) in [4.78, 5) is 1.45. The van der Waals surface area contributed by atoms with Gasteiger partial charge in [-0.15, -0.1) is 0 Å². The third-order valence-electron chi connectivity index (χ3n) is 2.63. The maximum atomic E-state index is 14.0. The zero-order chi connectivity index (χ0) is 13.7. The number of halogens is 2. The fraction of sp³-hybridized carbons (Fsp3) is 0.200. The van der Waals surface area contributed by atoms with Crippen LogP contribution in [-0.2, 0) is 6.54 Å². The highest BCUT2D eigenvalue weighted by atomic mass is 35.5. The third kappa shape index (κ3) is 3.96. The van der Waals surface area contributed by atoms with Crippen LogP contribution in [-0.4, -0.2) is 6.54 Å². The molecule has 2 aromatic rings. The molecule has 0 spiro atoms. The van der Waals surface area contributed by atoms with E-state index < -0.39 is 0 Å². The topological polar surface area (TPSA) is 12.0 Å². The third-order valence-corrected chi connectivity index (χ3v) is 4.20. The van der Waals surface area contributed by atoms with Crippen molar-refractivity contribution in [1.29, 1.82) is 0 Å². The van der Waals surface area contributed by atoms with E-state index in [2.05, 4.69) is 5.32 Å². The molecule has 0 radical (unpaired) electrons. The van der Waals surface area contributed by atoms with Gasteiger partial charge < -0.3 is 5.32 Å². The van der Waals surface area contributed by atoms with Gasteiger partial charge in [0.2, 0.25) is 0 Å². The van der Waals surface area contributed by atoms with Crippen LogP contribution in [0.5, 0.6) is 0 Å². The molecule has 0 aromatic heterocycles. The van der Waals surface area contributed by atoms with Gasteiger partial charge in [-0.2, -0.15) is 0 Å². The zero-order valence-electron chi connectivity index (χ0n) is 10.6. The van der Waals surface area contributed by atoms with Crippen molar-refractivity contribution >= 4 is 23.4 Å². The van der Waals surface area contributed by atoms with Crippen LogP contribution in [0.3, 0.4) is 0 Å². The van der Waals surface area contributed by atoms with Gasteiger partial charge >= 0.3 is 0 Å².